The molecule has 3 aliphatic rings. The van der Waals surface area contributed by atoms with Crippen molar-refractivity contribution in [1.82, 2.24) is 19.7 Å². The van der Waals surface area contributed by atoms with Gasteiger partial charge in [0.15, 0.2) is 12.1 Å². The summed E-state index contributed by atoms with van der Waals surface area (Å²) >= 11 is 0. The predicted octanol–water partition coefficient (Wildman–Crippen LogP) is 3.02. The van der Waals surface area contributed by atoms with Gasteiger partial charge >= 0.3 is 5.97 Å². The number of nitrogens with zero attached hydrogens (tertiary/aromatic N) is 4. The SMILES string of the molecule is CO[C@]1(C)C[C@@H](C)CN(C)CC2(CCN(C(=O)c3cccnc3)CC2)OC(=O)C(C)(C)C(=O)[C@H](C)[C@H]1O[C@@H]1O[C@H](C)C[C@H](N(C)C)[C@H]1O. The summed E-state index contributed by atoms with van der Waals surface area (Å²) in [4.78, 5) is 51.7. The number of likely N-dealkylation sites (tertiary alicyclic amines) is 1. The summed E-state index contributed by atoms with van der Waals surface area (Å²) in [7, 11) is 7.44. The quantitative estimate of drug-likeness (QED) is 0.365. The number of aliphatic hydroxyl groups is 1. The number of carbonyl (C=O) groups is 3. The number of ketones is 1. The van der Waals surface area contributed by atoms with Crippen LogP contribution in [0, 0.1) is 17.3 Å². The Labute approximate surface area is 286 Å². The summed E-state index contributed by atoms with van der Waals surface area (Å²) < 4.78 is 25.4. The molecular formula is C36H58N4O8. The van der Waals surface area contributed by atoms with Crippen molar-refractivity contribution in [1.29, 1.82) is 0 Å². The van der Waals surface area contributed by atoms with Gasteiger partial charge in [-0.2, -0.15) is 0 Å². The van der Waals surface area contributed by atoms with Gasteiger partial charge in [-0.25, -0.2) is 0 Å². The van der Waals surface area contributed by atoms with E-state index in [9.17, 15) is 19.5 Å². The van der Waals surface area contributed by atoms with Crippen molar-refractivity contribution < 1.29 is 38.4 Å². The molecule has 1 aromatic rings. The van der Waals surface area contributed by atoms with Crippen molar-refractivity contribution >= 4 is 17.7 Å². The molecule has 3 fully saturated rings. The summed E-state index contributed by atoms with van der Waals surface area (Å²) in [6, 6.07) is 3.28. The number of hydrogen-bond donors (Lipinski definition) is 1. The molecule has 1 aromatic heterocycles. The first-order valence-electron chi connectivity index (χ1n) is 17.3. The normalized spacial score (nSPS) is 35.4. The lowest BCUT2D eigenvalue weighted by atomic mass is 9.74. The van der Waals surface area contributed by atoms with Crippen LogP contribution in [0.2, 0.25) is 0 Å². The van der Waals surface area contributed by atoms with Crippen LogP contribution in [-0.2, 0) is 28.5 Å². The molecule has 0 unspecified atom stereocenters. The zero-order chi connectivity index (χ0) is 35.6. The Kier molecular flexibility index (Phi) is 12.1. The Morgan fingerprint density at radius 1 is 1.12 bits per heavy atom. The smallest absolute Gasteiger partial charge is 0.319 e. The monoisotopic (exact) mass is 674 g/mol. The first-order valence-corrected chi connectivity index (χ1v) is 17.3. The zero-order valence-corrected chi connectivity index (χ0v) is 30.6. The second-order valence-corrected chi connectivity index (χ2v) is 15.5. The second kappa shape index (κ2) is 15.2. The lowest BCUT2D eigenvalue weighted by Crippen LogP contribution is -2.59. The van der Waals surface area contributed by atoms with E-state index >= 15 is 0 Å². The first-order chi connectivity index (χ1) is 22.4. The topological polar surface area (TPSA) is 131 Å². The number of hydrogen-bond acceptors (Lipinski definition) is 11. The molecule has 48 heavy (non-hydrogen) atoms. The largest absolute Gasteiger partial charge is 0.457 e. The Bertz CT molecular complexity index is 1270. The minimum atomic E-state index is -1.52. The van der Waals surface area contributed by atoms with E-state index in [2.05, 4.69) is 16.8 Å². The van der Waals surface area contributed by atoms with Gasteiger partial charge in [0.25, 0.3) is 5.91 Å². The number of esters is 1. The molecule has 0 radical (unpaired) electrons. The molecule has 0 aliphatic carbocycles. The molecule has 270 valence electrons. The maximum absolute atomic E-state index is 14.5. The number of Topliss-reactive ketones (excluding diaryl/α,β-unsaturated/α-hetero) is 1. The van der Waals surface area contributed by atoms with E-state index in [1.54, 1.807) is 57.3 Å². The fraction of sp³-hybridized carbons (Fsp3) is 0.778. The number of piperidine rings is 1. The van der Waals surface area contributed by atoms with E-state index in [1.807, 2.05) is 39.9 Å². The number of aliphatic hydroxyl groups excluding tert-OH is 1. The Balaban J connectivity index is 1.64. The molecule has 4 rings (SSSR count). The molecule has 12 nitrogen and oxygen atoms in total. The summed E-state index contributed by atoms with van der Waals surface area (Å²) in [5.74, 6) is -1.79. The number of aromatic nitrogens is 1. The van der Waals surface area contributed by atoms with Crippen molar-refractivity contribution in [2.45, 2.75) is 109 Å². The molecular weight excluding hydrogens is 616 g/mol. The number of carbonyl (C=O) groups excluding carboxylic acids is 3. The van der Waals surface area contributed by atoms with E-state index in [0.717, 1.165) is 0 Å². The summed E-state index contributed by atoms with van der Waals surface area (Å²) in [5.41, 5.74) is -2.85. The third kappa shape index (κ3) is 8.27. The van der Waals surface area contributed by atoms with Crippen molar-refractivity contribution in [3.8, 4) is 0 Å². The molecule has 0 aromatic carbocycles. The van der Waals surface area contributed by atoms with Gasteiger partial charge in [-0.1, -0.05) is 13.8 Å². The third-order valence-corrected chi connectivity index (χ3v) is 10.7. The number of pyridine rings is 1. The molecule has 1 N–H and O–H groups in total. The number of likely N-dealkylation sites (N-methyl/N-ethyl adjacent to an activating group) is 2. The van der Waals surface area contributed by atoms with Gasteiger partial charge in [-0.15, -0.1) is 0 Å². The van der Waals surface area contributed by atoms with Crippen LogP contribution < -0.4 is 0 Å². The van der Waals surface area contributed by atoms with Gasteiger partial charge in [-0.05, 0) is 79.7 Å². The molecule has 3 aliphatic heterocycles. The van der Waals surface area contributed by atoms with Gasteiger partial charge in [0.05, 0.1) is 23.4 Å². The molecule has 8 atom stereocenters. The fourth-order valence-electron chi connectivity index (χ4n) is 7.96. The number of methoxy groups -OCH3 is 1. The van der Waals surface area contributed by atoms with Gasteiger partial charge in [0.2, 0.25) is 0 Å². The van der Waals surface area contributed by atoms with Crippen molar-refractivity contribution in [3.63, 3.8) is 0 Å². The van der Waals surface area contributed by atoms with Crippen LogP contribution in [-0.4, -0.2) is 139 Å². The highest BCUT2D eigenvalue weighted by atomic mass is 16.7. The van der Waals surface area contributed by atoms with Crippen LogP contribution in [0.25, 0.3) is 0 Å². The lowest BCUT2D eigenvalue weighted by Gasteiger charge is -2.47. The average molecular weight is 675 g/mol. The van der Waals surface area contributed by atoms with Crippen molar-refractivity contribution in [3.05, 3.63) is 30.1 Å². The highest BCUT2D eigenvalue weighted by molar-refractivity contribution is 6.04. The maximum Gasteiger partial charge on any atom is 0.319 e. The second-order valence-electron chi connectivity index (χ2n) is 15.5. The van der Waals surface area contributed by atoms with Crippen molar-refractivity contribution in [2.75, 3.05) is 54.4 Å². The van der Waals surface area contributed by atoms with Gasteiger partial charge in [0.1, 0.15) is 17.1 Å². The first kappa shape index (κ1) is 38.3. The van der Waals surface area contributed by atoms with Gasteiger partial charge in [-0.3, -0.25) is 19.4 Å². The van der Waals surface area contributed by atoms with Gasteiger partial charge < -0.3 is 38.8 Å². The van der Waals surface area contributed by atoms with E-state index in [1.165, 1.54) is 0 Å². The van der Waals surface area contributed by atoms with Crippen LogP contribution in [0.4, 0.5) is 0 Å². The molecule has 0 saturated carbocycles. The Morgan fingerprint density at radius 2 is 1.79 bits per heavy atom. The summed E-state index contributed by atoms with van der Waals surface area (Å²) in [6.07, 6.45) is 2.26. The molecule has 0 bridgehead atoms. The minimum Gasteiger partial charge on any atom is -0.457 e. The summed E-state index contributed by atoms with van der Waals surface area (Å²) in [5, 5.41) is 11.4. The molecule has 4 heterocycles. The van der Waals surface area contributed by atoms with Crippen LogP contribution in [0.5, 0.6) is 0 Å². The minimum absolute atomic E-state index is 0.0905. The number of amides is 1. The molecule has 3 saturated heterocycles. The highest BCUT2D eigenvalue weighted by Crippen LogP contribution is 2.40. The van der Waals surface area contributed by atoms with Crippen LogP contribution in [0.15, 0.2) is 24.5 Å². The van der Waals surface area contributed by atoms with E-state index in [-0.39, 0.29) is 29.8 Å². The van der Waals surface area contributed by atoms with E-state index in [0.29, 0.717) is 57.4 Å². The Morgan fingerprint density at radius 3 is 2.38 bits per heavy atom. The third-order valence-electron chi connectivity index (χ3n) is 10.7. The van der Waals surface area contributed by atoms with E-state index in [4.69, 9.17) is 18.9 Å². The average Bonchev–Trinajstić information content (AvgIpc) is 3.03. The lowest BCUT2D eigenvalue weighted by molar-refractivity contribution is -0.295. The Hall–Kier alpha value is -2.48. The fourth-order valence-corrected chi connectivity index (χ4v) is 7.96. The van der Waals surface area contributed by atoms with Crippen LogP contribution in [0.1, 0.15) is 77.6 Å². The molecule has 1 spiro atoms. The molecule has 12 heteroatoms. The zero-order valence-electron chi connectivity index (χ0n) is 30.6. The number of rotatable bonds is 5. The van der Waals surface area contributed by atoms with Crippen LogP contribution >= 0.6 is 0 Å². The highest BCUT2D eigenvalue weighted by Gasteiger charge is 2.53. The standard InChI is InChI=1S/C36H58N4O8/c1-23-19-35(6,45-10)30(47-32-28(41)27(38(7)8)18-24(2)46-32)25(3)29(42)34(4,5)33(44)48-36(22-39(9)21-23)13-16-40(17-14-36)31(43)26-12-11-15-37-20-26/h11-12,15,20,23-25,27-28,30,32,41H,13-14,16-19,21-22H2,1-10H3/t23-,24-,25+,27+,28-,30-,32+,35-/m1/s1. The summed E-state index contributed by atoms with van der Waals surface area (Å²) in [6.45, 7) is 12.9. The maximum atomic E-state index is 14.5. The van der Waals surface area contributed by atoms with Crippen molar-refractivity contribution in [2.24, 2.45) is 17.3 Å². The molecule has 1 amide bonds. The number of ether oxygens (including phenoxy) is 4. The predicted molar refractivity (Wildman–Crippen MR) is 180 cm³/mol. The van der Waals surface area contributed by atoms with E-state index < -0.39 is 47.0 Å². The van der Waals surface area contributed by atoms with Crippen LogP contribution in [0.3, 0.4) is 0 Å². The van der Waals surface area contributed by atoms with Gasteiger partial charge in [0, 0.05) is 70.5 Å².